The molecule has 0 saturated carbocycles. The van der Waals surface area contributed by atoms with Gasteiger partial charge < -0.3 is 15.2 Å². The molecule has 4 nitrogen and oxygen atoms in total. The zero-order valence-electron chi connectivity index (χ0n) is 11.3. The number of hydrogen-bond acceptors (Lipinski definition) is 4. The molecule has 0 amide bonds. The number of carbonyl (C=O) groups excluding carboxylic acids is 1. The lowest BCUT2D eigenvalue weighted by molar-refractivity contribution is -0.147. The molecule has 0 bridgehead atoms. The molecule has 2 N–H and O–H groups in total. The number of carbonyl (C=O) groups is 1. The Morgan fingerprint density at radius 1 is 1.47 bits per heavy atom. The summed E-state index contributed by atoms with van der Waals surface area (Å²) in [4.78, 5) is 12.0. The molecule has 1 unspecified atom stereocenters. The predicted octanol–water partition coefficient (Wildman–Crippen LogP) is 2.34. The fourth-order valence-corrected chi connectivity index (χ4v) is 2.20. The van der Waals surface area contributed by atoms with Gasteiger partial charge in [0.25, 0.3) is 0 Å². The van der Waals surface area contributed by atoms with E-state index in [4.69, 9.17) is 15.2 Å². The summed E-state index contributed by atoms with van der Waals surface area (Å²) < 4.78 is 10.7. The molecule has 0 radical (unpaired) electrons. The largest absolute Gasteiger partial charge is 0.465 e. The molecule has 0 aliphatic carbocycles. The van der Waals surface area contributed by atoms with Crippen LogP contribution < -0.4 is 5.73 Å². The van der Waals surface area contributed by atoms with Gasteiger partial charge in [0, 0.05) is 18.9 Å². The van der Waals surface area contributed by atoms with Crippen molar-refractivity contribution in [3.63, 3.8) is 0 Å². The first kappa shape index (κ1) is 13.9. The van der Waals surface area contributed by atoms with E-state index in [0.29, 0.717) is 18.2 Å². The van der Waals surface area contributed by atoms with Crippen molar-refractivity contribution in [2.75, 3.05) is 25.6 Å². The number of nitrogen functional groups attached to an aromatic ring is 1. The average molecular weight is 263 g/mol. The van der Waals surface area contributed by atoms with Crippen LogP contribution in [0.15, 0.2) is 24.3 Å². The summed E-state index contributed by atoms with van der Waals surface area (Å²) in [5.41, 5.74) is 7.29. The lowest BCUT2D eigenvalue weighted by atomic mass is 10.00. The number of anilines is 1. The van der Waals surface area contributed by atoms with E-state index in [1.54, 1.807) is 0 Å². The Morgan fingerprint density at radius 3 is 2.89 bits per heavy atom. The van der Waals surface area contributed by atoms with Crippen LogP contribution in [-0.2, 0) is 14.3 Å². The molecule has 0 aromatic heterocycles. The number of hydrogen-bond donors (Lipinski definition) is 1. The second-order valence-electron chi connectivity index (χ2n) is 5.08. The fraction of sp³-hybridized carbons (Fsp3) is 0.533. The minimum Gasteiger partial charge on any atom is -0.465 e. The van der Waals surface area contributed by atoms with Crippen molar-refractivity contribution in [2.24, 2.45) is 5.92 Å². The van der Waals surface area contributed by atoms with Gasteiger partial charge in [0.05, 0.1) is 12.5 Å². The molecule has 1 aromatic rings. The van der Waals surface area contributed by atoms with Gasteiger partial charge in [-0.25, -0.2) is 0 Å². The van der Waals surface area contributed by atoms with Gasteiger partial charge in [-0.2, -0.15) is 0 Å². The van der Waals surface area contributed by atoms with E-state index in [2.05, 4.69) is 0 Å². The molecule has 1 aromatic carbocycles. The van der Waals surface area contributed by atoms with Gasteiger partial charge in [-0.3, -0.25) is 4.79 Å². The summed E-state index contributed by atoms with van der Waals surface area (Å²) in [6.07, 6.45) is 1.94. The third-order valence-corrected chi connectivity index (χ3v) is 3.57. The van der Waals surface area contributed by atoms with Crippen molar-refractivity contribution in [1.82, 2.24) is 0 Å². The average Bonchev–Trinajstić information content (AvgIpc) is 2.45. The quantitative estimate of drug-likeness (QED) is 0.669. The first-order valence-electron chi connectivity index (χ1n) is 6.76. The Kier molecular flexibility index (Phi) is 4.80. The van der Waals surface area contributed by atoms with Crippen molar-refractivity contribution in [3.05, 3.63) is 29.8 Å². The molecular weight excluding hydrogens is 242 g/mol. The summed E-state index contributed by atoms with van der Waals surface area (Å²) in [6, 6.07) is 7.38. The maximum atomic E-state index is 12.0. The zero-order chi connectivity index (χ0) is 13.7. The fourth-order valence-electron chi connectivity index (χ4n) is 2.20. The molecule has 19 heavy (non-hydrogen) atoms. The SMILES string of the molecule is CC(C(=O)OCC1CCOCC1)c1cccc(N)c1. The van der Waals surface area contributed by atoms with Crippen LogP contribution in [0.2, 0.25) is 0 Å². The number of benzene rings is 1. The predicted molar refractivity (Wildman–Crippen MR) is 73.8 cm³/mol. The zero-order valence-corrected chi connectivity index (χ0v) is 11.3. The van der Waals surface area contributed by atoms with Crippen LogP contribution in [-0.4, -0.2) is 25.8 Å². The summed E-state index contributed by atoms with van der Waals surface area (Å²) >= 11 is 0. The highest BCUT2D eigenvalue weighted by Gasteiger charge is 2.20. The van der Waals surface area contributed by atoms with Crippen molar-refractivity contribution in [3.8, 4) is 0 Å². The molecule has 104 valence electrons. The van der Waals surface area contributed by atoms with Crippen LogP contribution in [0.25, 0.3) is 0 Å². The van der Waals surface area contributed by atoms with E-state index in [1.165, 1.54) is 0 Å². The van der Waals surface area contributed by atoms with E-state index in [-0.39, 0.29) is 11.9 Å². The molecule has 2 rings (SSSR count). The van der Waals surface area contributed by atoms with Crippen LogP contribution in [0.1, 0.15) is 31.2 Å². The maximum Gasteiger partial charge on any atom is 0.313 e. The Balaban J connectivity index is 1.85. The van der Waals surface area contributed by atoms with Gasteiger partial charge >= 0.3 is 5.97 Å². The third-order valence-electron chi connectivity index (χ3n) is 3.57. The van der Waals surface area contributed by atoms with E-state index < -0.39 is 0 Å². The van der Waals surface area contributed by atoms with E-state index in [9.17, 15) is 4.79 Å². The molecule has 4 heteroatoms. The van der Waals surface area contributed by atoms with Gasteiger partial charge in [0.1, 0.15) is 0 Å². The molecule has 1 heterocycles. The minimum atomic E-state index is -0.275. The second kappa shape index (κ2) is 6.57. The third kappa shape index (κ3) is 3.96. The van der Waals surface area contributed by atoms with E-state index in [1.807, 2.05) is 31.2 Å². The van der Waals surface area contributed by atoms with Crippen LogP contribution in [0.3, 0.4) is 0 Å². The number of nitrogens with two attached hydrogens (primary N) is 1. The maximum absolute atomic E-state index is 12.0. The van der Waals surface area contributed by atoms with Crippen molar-refractivity contribution < 1.29 is 14.3 Å². The Labute approximate surface area is 113 Å². The van der Waals surface area contributed by atoms with Crippen molar-refractivity contribution in [1.29, 1.82) is 0 Å². The van der Waals surface area contributed by atoms with Crippen LogP contribution in [0, 0.1) is 5.92 Å². The van der Waals surface area contributed by atoms with Crippen LogP contribution >= 0.6 is 0 Å². The summed E-state index contributed by atoms with van der Waals surface area (Å²) in [5.74, 6) is -0.0221. The van der Waals surface area contributed by atoms with Crippen LogP contribution in [0.4, 0.5) is 5.69 Å². The molecule has 1 aliphatic rings. The summed E-state index contributed by atoms with van der Waals surface area (Å²) in [7, 11) is 0. The van der Waals surface area contributed by atoms with E-state index in [0.717, 1.165) is 31.6 Å². The standard InChI is InChI=1S/C15H21NO3/c1-11(13-3-2-4-14(16)9-13)15(17)19-10-12-5-7-18-8-6-12/h2-4,9,11-12H,5-8,10,16H2,1H3. The Morgan fingerprint density at radius 2 is 2.21 bits per heavy atom. The van der Waals surface area contributed by atoms with Gasteiger partial charge in [-0.05, 0) is 43.4 Å². The van der Waals surface area contributed by atoms with Gasteiger partial charge in [-0.15, -0.1) is 0 Å². The monoisotopic (exact) mass is 263 g/mol. The molecule has 1 atom stereocenters. The summed E-state index contributed by atoms with van der Waals surface area (Å²) in [6.45, 7) is 3.88. The van der Waals surface area contributed by atoms with Crippen molar-refractivity contribution in [2.45, 2.75) is 25.7 Å². The molecule has 1 fully saturated rings. The second-order valence-corrected chi connectivity index (χ2v) is 5.08. The topological polar surface area (TPSA) is 61.5 Å². The lowest BCUT2D eigenvalue weighted by Gasteiger charge is -2.22. The number of esters is 1. The lowest BCUT2D eigenvalue weighted by Crippen LogP contribution is -2.23. The van der Waals surface area contributed by atoms with Gasteiger partial charge in [0.2, 0.25) is 0 Å². The normalized spacial score (nSPS) is 17.9. The molecule has 1 aliphatic heterocycles. The number of ether oxygens (including phenoxy) is 2. The number of rotatable bonds is 4. The van der Waals surface area contributed by atoms with Crippen molar-refractivity contribution >= 4 is 11.7 Å². The highest BCUT2D eigenvalue weighted by atomic mass is 16.5. The highest BCUT2D eigenvalue weighted by molar-refractivity contribution is 5.78. The molecule has 0 spiro atoms. The van der Waals surface area contributed by atoms with E-state index >= 15 is 0 Å². The van der Waals surface area contributed by atoms with Crippen LogP contribution in [0.5, 0.6) is 0 Å². The summed E-state index contributed by atoms with van der Waals surface area (Å²) in [5, 5.41) is 0. The Hall–Kier alpha value is -1.55. The van der Waals surface area contributed by atoms with Gasteiger partial charge in [0.15, 0.2) is 0 Å². The first-order valence-corrected chi connectivity index (χ1v) is 6.76. The smallest absolute Gasteiger partial charge is 0.313 e. The van der Waals surface area contributed by atoms with Gasteiger partial charge in [-0.1, -0.05) is 12.1 Å². The minimum absolute atomic E-state index is 0.183. The first-order chi connectivity index (χ1) is 9.16. The molecular formula is C15H21NO3. The highest BCUT2D eigenvalue weighted by Crippen LogP contribution is 2.21. The Bertz CT molecular complexity index is 427. The molecule has 1 saturated heterocycles.